The average molecular weight is 280 g/mol. The van der Waals surface area contributed by atoms with Gasteiger partial charge in [0.1, 0.15) is 0 Å². The van der Waals surface area contributed by atoms with Gasteiger partial charge in [0.15, 0.2) is 17.5 Å². The van der Waals surface area contributed by atoms with E-state index in [1.807, 2.05) is 4.90 Å². The standard InChI is InChI=1S/C10H9BrF3N/c11-8-7(15-3-1-2-4-15)5-6(12)9(13)10(8)14/h5H,1-4H2. The smallest absolute Gasteiger partial charge is 0.195 e. The quantitative estimate of drug-likeness (QED) is 0.562. The van der Waals surface area contributed by atoms with Gasteiger partial charge >= 0.3 is 0 Å². The molecule has 1 saturated heterocycles. The first-order valence-corrected chi connectivity index (χ1v) is 5.48. The largest absolute Gasteiger partial charge is 0.370 e. The Labute approximate surface area is 94.0 Å². The van der Waals surface area contributed by atoms with Crippen molar-refractivity contribution in [2.75, 3.05) is 18.0 Å². The minimum atomic E-state index is -1.43. The third kappa shape index (κ3) is 1.85. The maximum absolute atomic E-state index is 13.2. The molecule has 2 rings (SSSR count). The van der Waals surface area contributed by atoms with Crippen LogP contribution in [0.4, 0.5) is 18.9 Å². The Morgan fingerprint density at radius 3 is 2.27 bits per heavy atom. The Kier molecular flexibility index (Phi) is 2.91. The van der Waals surface area contributed by atoms with E-state index in [0.29, 0.717) is 5.69 Å². The molecule has 0 atom stereocenters. The number of anilines is 1. The first-order chi connectivity index (χ1) is 7.11. The summed E-state index contributed by atoms with van der Waals surface area (Å²) in [5.41, 5.74) is 0.392. The summed E-state index contributed by atoms with van der Waals surface area (Å²) in [6, 6.07) is 1.04. The molecule has 0 unspecified atom stereocenters. The first kappa shape index (κ1) is 10.8. The number of benzene rings is 1. The van der Waals surface area contributed by atoms with Crippen molar-refractivity contribution in [3.05, 3.63) is 28.0 Å². The second kappa shape index (κ2) is 4.04. The maximum Gasteiger partial charge on any atom is 0.195 e. The average Bonchev–Trinajstić information content (AvgIpc) is 2.73. The topological polar surface area (TPSA) is 3.24 Å². The molecule has 1 aromatic carbocycles. The summed E-state index contributed by atoms with van der Waals surface area (Å²) in [6.45, 7) is 1.51. The highest BCUT2D eigenvalue weighted by Crippen LogP contribution is 2.33. The van der Waals surface area contributed by atoms with Gasteiger partial charge in [0.2, 0.25) is 0 Å². The molecule has 1 aromatic rings. The van der Waals surface area contributed by atoms with Crippen molar-refractivity contribution < 1.29 is 13.2 Å². The number of hydrogen-bond acceptors (Lipinski definition) is 1. The van der Waals surface area contributed by atoms with Crippen molar-refractivity contribution >= 4 is 21.6 Å². The molecule has 5 heteroatoms. The van der Waals surface area contributed by atoms with Crippen LogP contribution in [-0.4, -0.2) is 13.1 Å². The Morgan fingerprint density at radius 2 is 1.67 bits per heavy atom. The van der Waals surface area contributed by atoms with Crippen LogP contribution >= 0.6 is 15.9 Å². The molecule has 0 radical (unpaired) electrons. The van der Waals surface area contributed by atoms with E-state index in [1.54, 1.807) is 0 Å². The first-order valence-electron chi connectivity index (χ1n) is 4.69. The van der Waals surface area contributed by atoms with E-state index in [0.717, 1.165) is 32.0 Å². The zero-order valence-corrected chi connectivity index (χ0v) is 9.45. The summed E-state index contributed by atoms with van der Waals surface area (Å²) in [5, 5.41) is 0. The molecule has 1 aliphatic heterocycles. The highest BCUT2D eigenvalue weighted by atomic mass is 79.9. The van der Waals surface area contributed by atoms with Crippen molar-refractivity contribution in [1.82, 2.24) is 0 Å². The van der Waals surface area contributed by atoms with Crippen LogP contribution in [0.25, 0.3) is 0 Å². The van der Waals surface area contributed by atoms with E-state index in [1.165, 1.54) is 0 Å². The van der Waals surface area contributed by atoms with E-state index in [9.17, 15) is 13.2 Å². The zero-order valence-electron chi connectivity index (χ0n) is 7.86. The highest BCUT2D eigenvalue weighted by Gasteiger charge is 2.22. The SMILES string of the molecule is Fc1cc(N2CCCC2)c(Br)c(F)c1F. The molecule has 1 heterocycles. The van der Waals surface area contributed by atoms with E-state index in [4.69, 9.17) is 0 Å². The second-order valence-corrected chi connectivity index (χ2v) is 4.31. The summed E-state index contributed by atoms with van der Waals surface area (Å²) in [7, 11) is 0. The number of rotatable bonds is 1. The van der Waals surface area contributed by atoms with Crippen LogP contribution in [0.1, 0.15) is 12.8 Å². The summed E-state index contributed by atoms with van der Waals surface area (Å²) in [4.78, 5) is 1.84. The normalized spacial score (nSPS) is 16.1. The fourth-order valence-corrected chi connectivity index (χ4v) is 2.29. The van der Waals surface area contributed by atoms with Crippen molar-refractivity contribution in [2.24, 2.45) is 0 Å². The predicted octanol–water partition coefficient (Wildman–Crippen LogP) is 3.47. The van der Waals surface area contributed by atoms with Gasteiger partial charge in [-0.3, -0.25) is 0 Å². The maximum atomic E-state index is 13.2. The van der Waals surface area contributed by atoms with Crippen LogP contribution in [-0.2, 0) is 0 Å². The Bertz CT molecular complexity index is 389. The lowest BCUT2D eigenvalue weighted by atomic mass is 10.2. The molecule has 1 aliphatic rings. The van der Waals surface area contributed by atoms with Crippen LogP contribution < -0.4 is 4.90 Å². The summed E-state index contributed by atoms with van der Waals surface area (Å²) in [6.07, 6.45) is 1.99. The van der Waals surface area contributed by atoms with Crippen molar-refractivity contribution in [3.8, 4) is 0 Å². The van der Waals surface area contributed by atoms with Crippen molar-refractivity contribution in [3.63, 3.8) is 0 Å². The Morgan fingerprint density at radius 1 is 1.07 bits per heavy atom. The summed E-state index contributed by atoms with van der Waals surface area (Å²) < 4.78 is 39.1. The van der Waals surface area contributed by atoms with E-state index >= 15 is 0 Å². The molecule has 82 valence electrons. The molecule has 1 fully saturated rings. The lowest BCUT2D eigenvalue weighted by Gasteiger charge is -2.19. The van der Waals surface area contributed by atoms with Gasteiger partial charge in [0.25, 0.3) is 0 Å². The van der Waals surface area contributed by atoms with E-state index in [2.05, 4.69) is 15.9 Å². The van der Waals surface area contributed by atoms with Crippen LogP contribution in [0.15, 0.2) is 10.5 Å². The van der Waals surface area contributed by atoms with Gasteiger partial charge in [0.05, 0.1) is 10.2 Å². The van der Waals surface area contributed by atoms with E-state index < -0.39 is 17.5 Å². The van der Waals surface area contributed by atoms with Gasteiger partial charge in [0, 0.05) is 19.2 Å². The molecule has 15 heavy (non-hydrogen) atoms. The van der Waals surface area contributed by atoms with Crippen LogP contribution in [0.5, 0.6) is 0 Å². The molecular formula is C10H9BrF3N. The van der Waals surface area contributed by atoms with Crippen LogP contribution in [0, 0.1) is 17.5 Å². The Hall–Kier alpha value is -0.710. The second-order valence-electron chi connectivity index (χ2n) is 3.51. The molecular weight excluding hydrogens is 271 g/mol. The van der Waals surface area contributed by atoms with E-state index in [-0.39, 0.29) is 4.47 Å². The van der Waals surface area contributed by atoms with Gasteiger partial charge < -0.3 is 4.90 Å². The molecule has 1 nitrogen and oxygen atoms in total. The summed E-state index contributed by atoms with van der Waals surface area (Å²) in [5.74, 6) is -3.72. The van der Waals surface area contributed by atoms with Gasteiger partial charge in [-0.1, -0.05) is 0 Å². The molecule has 0 amide bonds. The van der Waals surface area contributed by atoms with Gasteiger partial charge in [-0.2, -0.15) is 0 Å². The fraction of sp³-hybridized carbons (Fsp3) is 0.400. The van der Waals surface area contributed by atoms with Crippen LogP contribution in [0.2, 0.25) is 0 Å². The molecule has 0 N–H and O–H groups in total. The predicted molar refractivity (Wildman–Crippen MR) is 55.5 cm³/mol. The lowest BCUT2D eigenvalue weighted by Crippen LogP contribution is -2.19. The molecule has 0 spiro atoms. The third-order valence-electron chi connectivity index (χ3n) is 2.53. The minimum absolute atomic E-state index is 0.00306. The zero-order chi connectivity index (χ0) is 11.0. The minimum Gasteiger partial charge on any atom is -0.370 e. The third-order valence-corrected chi connectivity index (χ3v) is 3.28. The van der Waals surface area contributed by atoms with Crippen molar-refractivity contribution in [2.45, 2.75) is 12.8 Å². The molecule has 0 aliphatic carbocycles. The Balaban J connectivity index is 2.47. The van der Waals surface area contributed by atoms with Crippen LogP contribution in [0.3, 0.4) is 0 Å². The van der Waals surface area contributed by atoms with Gasteiger partial charge in [-0.15, -0.1) is 0 Å². The number of halogens is 4. The van der Waals surface area contributed by atoms with Gasteiger partial charge in [-0.25, -0.2) is 13.2 Å². The highest BCUT2D eigenvalue weighted by molar-refractivity contribution is 9.10. The molecule has 0 saturated carbocycles. The fourth-order valence-electron chi connectivity index (χ4n) is 1.75. The summed E-state index contributed by atoms with van der Waals surface area (Å²) >= 11 is 2.95. The number of hydrogen-bond donors (Lipinski definition) is 0. The lowest BCUT2D eigenvalue weighted by molar-refractivity contribution is 0.444. The van der Waals surface area contributed by atoms with Crippen molar-refractivity contribution in [1.29, 1.82) is 0 Å². The van der Waals surface area contributed by atoms with Gasteiger partial charge in [-0.05, 0) is 28.8 Å². The molecule has 0 aromatic heterocycles. The monoisotopic (exact) mass is 279 g/mol. The number of nitrogens with zero attached hydrogens (tertiary/aromatic N) is 1. The molecule has 0 bridgehead atoms.